The number of aromatic nitrogens is 5. The van der Waals surface area contributed by atoms with Crippen LogP contribution in [0.2, 0.25) is 0 Å². The molecule has 5 fully saturated rings. The van der Waals surface area contributed by atoms with Crippen molar-refractivity contribution in [2.75, 3.05) is 26.2 Å². The number of carbonyl (C=O) groups excluding carboxylic acids is 1. The first-order valence-corrected chi connectivity index (χ1v) is 12.3. The predicted molar refractivity (Wildman–Crippen MR) is 114 cm³/mol. The molecule has 3 aliphatic carbocycles. The Bertz CT molecular complexity index is 1110. The molecule has 2 aliphatic heterocycles. The van der Waals surface area contributed by atoms with E-state index < -0.39 is 12.0 Å². The number of hydrogen-bond acceptors (Lipinski definition) is 4. The standard InChI is InChI=1S/C23H28F3N7O/c24-23(25,26)19-27-13-33(30-19)17-7-22(8-17)11-32(12-22)20(34)31-9-21(10-31)5-14(6-21)3-16-4-18(29-28-16)15-1-2-15/h4,13-15,17H,1-3,5-12H2,(H,28,29). The maximum atomic E-state index is 12.9. The van der Waals surface area contributed by atoms with Gasteiger partial charge in [-0.3, -0.25) is 5.10 Å². The molecule has 0 radical (unpaired) electrons. The van der Waals surface area contributed by atoms with Crippen LogP contribution in [0.5, 0.6) is 0 Å². The molecular formula is C23H28F3N7O. The molecule has 34 heavy (non-hydrogen) atoms. The Morgan fingerprint density at radius 1 is 1.06 bits per heavy atom. The average molecular weight is 476 g/mol. The number of halogens is 3. The second-order valence-electron chi connectivity index (χ2n) is 11.7. The van der Waals surface area contributed by atoms with E-state index >= 15 is 0 Å². The monoisotopic (exact) mass is 475 g/mol. The second kappa shape index (κ2) is 6.75. The van der Waals surface area contributed by atoms with Gasteiger partial charge in [-0.1, -0.05) is 0 Å². The van der Waals surface area contributed by atoms with E-state index in [-0.39, 0.29) is 17.5 Å². The summed E-state index contributed by atoms with van der Waals surface area (Å²) in [6.45, 7) is 3.09. The molecule has 2 aromatic rings. The summed E-state index contributed by atoms with van der Waals surface area (Å²) in [6.07, 6.45) is 4.11. The highest BCUT2D eigenvalue weighted by Gasteiger charge is 2.58. The molecule has 0 unspecified atom stereocenters. The fraction of sp³-hybridized carbons (Fsp3) is 0.739. The van der Waals surface area contributed by atoms with Crippen molar-refractivity contribution in [3.05, 3.63) is 29.6 Å². The van der Waals surface area contributed by atoms with Crippen LogP contribution < -0.4 is 0 Å². The molecule has 2 spiro atoms. The highest BCUT2D eigenvalue weighted by Crippen LogP contribution is 2.56. The lowest BCUT2D eigenvalue weighted by Crippen LogP contribution is -2.71. The number of rotatable bonds is 4. The third-order valence-electron chi connectivity index (χ3n) is 8.72. The molecule has 8 nitrogen and oxygen atoms in total. The number of carbonyl (C=O) groups is 1. The highest BCUT2D eigenvalue weighted by molar-refractivity contribution is 5.77. The summed E-state index contributed by atoms with van der Waals surface area (Å²) < 4.78 is 39.5. The zero-order chi connectivity index (χ0) is 23.3. The number of H-pyrrole nitrogens is 1. The van der Waals surface area contributed by atoms with Gasteiger partial charge < -0.3 is 9.80 Å². The van der Waals surface area contributed by atoms with Gasteiger partial charge in [0.15, 0.2) is 0 Å². The van der Waals surface area contributed by atoms with Crippen molar-refractivity contribution in [1.82, 2.24) is 34.8 Å². The summed E-state index contributed by atoms with van der Waals surface area (Å²) in [5.41, 5.74) is 2.83. The molecule has 5 aliphatic rings. The van der Waals surface area contributed by atoms with Crippen LogP contribution in [-0.2, 0) is 12.6 Å². The summed E-state index contributed by atoms with van der Waals surface area (Å²) in [5.74, 6) is 0.273. The maximum Gasteiger partial charge on any atom is 0.453 e. The Balaban J connectivity index is 0.846. The van der Waals surface area contributed by atoms with E-state index in [9.17, 15) is 18.0 Å². The minimum Gasteiger partial charge on any atom is -0.323 e. The van der Waals surface area contributed by atoms with Crippen LogP contribution in [0.4, 0.5) is 18.0 Å². The van der Waals surface area contributed by atoms with Crippen molar-refractivity contribution >= 4 is 6.03 Å². The van der Waals surface area contributed by atoms with E-state index in [0.29, 0.717) is 30.3 Å². The molecule has 7 rings (SSSR count). The number of alkyl halides is 3. The summed E-state index contributed by atoms with van der Waals surface area (Å²) >= 11 is 0. The van der Waals surface area contributed by atoms with Crippen molar-refractivity contribution in [1.29, 1.82) is 0 Å². The van der Waals surface area contributed by atoms with Gasteiger partial charge in [-0.05, 0) is 56.9 Å². The number of nitrogens with zero attached hydrogens (tertiary/aromatic N) is 6. The third-order valence-corrected chi connectivity index (χ3v) is 8.72. The van der Waals surface area contributed by atoms with Crippen molar-refractivity contribution in [2.24, 2.45) is 16.7 Å². The second-order valence-corrected chi connectivity index (χ2v) is 11.7. The van der Waals surface area contributed by atoms with Gasteiger partial charge in [0.1, 0.15) is 6.33 Å². The van der Waals surface area contributed by atoms with E-state index in [0.717, 1.165) is 32.4 Å². The lowest BCUT2D eigenvalue weighted by molar-refractivity contribution is -0.145. The SMILES string of the molecule is O=C(N1CC2(CC(Cc3cc(C4CC4)n[nH]3)C2)C1)N1CC2(CC(n3cnc(C(F)(F)F)n3)C2)C1. The Morgan fingerprint density at radius 2 is 1.71 bits per heavy atom. The van der Waals surface area contributed by atoms with Crippen LogP contribution in [0.25, 0.3) is 0 Å². The summed E-state index contributed by atoms with van der Waals surface area (Å²) in [7, 11) is 0. The lowest BCUT2D eigenvalue weighted by Gasteiger charge is -2.63. The molecule has 0 bridgehead atoms. The summed E-state index contributed by atoms with van der Waals surface area (Å²) in [4.78, 5) is 20.1. The molecular weight excluding hydrogens is 447 g/mol. The Morgan fingerprint density at radius 3 is 2.29 bits per heavy atom. The van der Waals surface area contributed by atoms with E-state index in [2.05, 4.69) is 26.3 Å². The van der Waals surface area contributed by atoms with Crippen LogP contribution >= 0.6 is 0 Å². The normalized spacial score (nSPS) is 25.7. The highest BCUT2D eigenvalue weighted by atomic mass is 19.4. The van der Waals surface area contributed by atoms with Crippen LogP contribution in [0, 0.1) is 16.7 Å². The fourth-order valence-corrected chi connectivity index (χ4v) is 6.91. The minimum atomic E-state index is -4.51. The van der Waals surface area contributed by atoms with E-state index in [1.165, 1.54) is 48.1 Å². The zero-order valence-corrected chi connectivity index (χ0v) is 18.9. The van der Waals surface area contributed by atoms with Crippen LogP contribution in [0.1, 0.15) is 67.7 Å². The molecule has 2 aromatic heterocycles. The smallest absolute Gasteiger partial charge is 0.323 e. The summed E-state index contributed by atoms with van der Waals surface area (Å²) in [6, 6.07) is 2.29. The minimum absolute atomic E-state index is 0.0399. The van der Waals surface area contributed by atoms with Gasteiger partial charge in [0.2, 0.25) is 0 Å². The zero-order valence-electron chi connectivity index (χ0n) is 18.9. The molecule has 11 heteroatoms. The van der Waals surface area contributed by atoms with Gasteiger partial charge in [-0.15, -0.1) is 5.10 Å². The van der Waals surface area contributed by atoms with Crippen molar-refractivity contribution in [3.63, 3.8) is 0 Å². The number of hydrogen-bond donors (Lipinski definition) is 1. The summed E-state index contributed by atoms with van der Waals surface area (Å²) in [5, 5.41) is 11.3. The number of nitrogens with one attached hydrogen (secondary N) is 1. The van der Waals surface area contributed by atoms with Crippen LogP contribution in [-0.4, -0.2) is 67.0 Å². The first kappa shape index (κ1) is 20.8. The lowest BCUT2D eigenvalue weighted by atomic mass is 9.56. The fourth-order valence-electron chi connectivity index (χ4n) is 6.91. The van der Waals surface area contributed by atoms with Crippen LogP contribution in [0.15, 0.2) is 12.4 Å². The molecule has 4 heterocycles. The van der Waals surface area contributed by atoms with Gasteiger partial charge in [-0.25, -0.2) is 14.5 Å². The molecule has 182 valence electrons. The van der Waals surface area contributed by atoms with Gasteiger partial charge in [-0.2, -0.15) is 18.3 Å². The molecule has 0 atom stereocenters. The van der Waals surface area contributed by atoms with Gasteiger partial charge >= 0.3 is 12.2 Å². The van der Waals surface area contributed by atoms with Crippen molar-refractivity contribution < 1.29 is 18.0 Å². The van der Waals surface area contributed by atoms with E-state index in [4.69, 9.17) is 0 Å². The molecule has 3 saturated carbocycles. The maximum absolute atomic E-state index is 12.9. The number of urea groups is 1. The van der Waals surface area contributed by atoms with Gasteiger partial charge in [0, 0.05) is 48.6 Å². The number of likely N-dealkylation sites (tertiary alicyclic amines) is 2. The first-order valence-electron chi connectivity index (χ1n) is 12.3. The first-order chi connectivity index (χ1) is 16.2. The largest absolute Gasteiger partial charge is 0.453 e. The quantitative estimate of drug-likeness (QED) is 0.733. The molecule has 2 amide bonds. The predicted octanol–water partition coefficient (Wildman–Crippen LogP) is 3.61. The topological polar surface area (TPSA) is 82.9 Å². The van der Waals surface area contributed by atoms with E-state index in [1.54, 1.807) is 0 Å². The Labute approximate surface area is 194 Å². The average Bonchev–Trinajstić information content (AvgIpc) is 3.19. The van der Waals surface area contributed by atoms with Crippen molar-refractivity contribution in [2.45, 2.75) is 63.1 Å². The third kappa shape index (κ3) is 3.33. The number of aromatic amines is 1. The molecule has 2 saturated heterocycles. The Kier molecular flexibility index (Phi) is 4.12. The molecule has 0 aromatic carbocycles. The van der Waals surface area contributed by atoms with Crippen LogP contribution in [0.3, 0.4) is 0 Å². The van der Waals surface area contributed by atoms with E-state index in [1.807, 2.05) is 9.80 Å². The van der Waals surface area contributed by atoms with Gasteiger partial charge in [0.25, 0.3) is 5.82 Å². The van der Waals surface area contributed by atoms with Gasteiger partial charge in [0.05, 0.1) is 11.7 Å². The van der Waals surface area contributed by atoms with Crippen molar-refractivity contribution in [3.8, 4) is 0 Å². The number of amides is 2. The molecule has 1 N–H and O–H groups in total. The Hall–Kier alpha value is -2.59.